The van der Waals surface area contributed by atoms with E-state index in [1.807, 2.05) is 0 Å². The number of hydrogen-bond donors (Lipinski definition) is 1. The fourth-order valence-electron chi connectivity index (χ4n) is 1.70. The number of carbonyl (C=O) groups is 2. The Morgan fingerprint density at radius 3 is 2.88 bits per heavy atom. The number of amides is 1. The topological polar surface area (TPSA) is 55.4 Å². The fourth-order valence-corrected chi connectivity index (χ4v) is 2.91. The van der Waals surface area contributed by atoms with Crippen LogP contribution in [0.15, 0.2) is 12.2 Å². The first-order valence-electron chi connectivity index (χ1n) is 5.76. The molecular weight excluding hydrogens is 238 g/mol. The first-order valence-corrected chi connectivity index (χ1v) is 6.81. The van der Waals surface area contributed by atoms with E-state index in [1.165, 1.54) is 20.5 Å². The molecular formula is C12H19NO3S. The van der Waals surface area contributed by atoms with Crippen LogP contribution in [0.2, 0.25) is 0 Å². The second kappa shape index (κ2) is 7.37. The molecule has 0 heterocycles. The highest BCUT2D eigenvalue weighted by molar-refractivity contribution is 8.00. The Bertz CT molecular complexity index is 304. The molecule has 96 valence electrons. The van der Waals surface area contributed by atoms with E-state index in [2.05, 4.69) is 22.2 Å². The van der Waals surface area contributed by atoms with Crippen molar-refractivity contribution < 1.29 is 14.3 Å². The van der Waals surface area contributed by atoms with Gasteiger partial charge in [-0.1, -0.05) is 12.2 Å². The molecule has 1 aliphatic rings. The summed E-state index contributed by atoms with van der Waals surface area (Å²) in [6.07, 6.45) is 7.82. The third-order valence-electron chi connectivity index (χ3n) is 2.55. The van der Waals surface area contributed by atoms with Crippen molar-refractivity contribution >= 4 is 23.6 Å². The molecule has 4 nitrogen and oxygen atoms in total. The van der Waals surface area contributed by atoms with E-state index < -0.39 is 6.04 Å². The van der Waals surface area contributed by atoms with Gasteiger partial charge in [0.05, 0.1) is 7.11 Å². The molecule has 2 unspecified atom stereocenters. The first kappa shape index (κ1) is 14.1. The van der Waals surface area contributed by atoms with Crippen molar-refractivity contribution in [2.45, 2.75) is 37.5 Å². The molecule has 0 spiro atoms. The molecule has 0 saturated carbocycles. The molecule has 0 bridgehead atoms. The molecule has 1 rings (SSSR count). The van der Waals surface area contributed by atoms with Crippen LogP contribution in [-0.4, -0.2) is 36.0 Å². The van der Waals surface area contributed by atoms with E-state index in [1.54, 1.807) is 11.8 Å². The highest BCUT2D eigenvalue weighted by Crippen LogP contribution is 2.23. The van der Waals surface area contributed by atoms with Crippen LogP contribution in [0, 0.1) is 0 Å². The average Bonchev–Trinajstić information content (AvgIpc) is 2.34. The molecule has 1 amide bonds. The molecule has 5 heteroatoms. The first-order chi connectivity index (χ1) is 8.13. The minimum Gasteiger partial charge on any atom is -0.467 e. The van der Waals surface area contributed by atoms with Crippen LogP contribution in [0.5, 0.6) is 0 Å². The summed E-state index contributed by atoms with van der Waals surface area (Å²) in [6, 6.07) is -0.544. The Kier molecular flexibility index (Phi) is 6.11. The summed E-state index contributed by atoms with van der Waals surface area (Å²) in [7, 11) is 1.34. The highest BCUT2D eigenvalue weighted by atomic mass is 32.2. The quantitative estimate of drug-likeness (QED) is 0.599. The number of nitrogens with one attached hydrogen (secondary N) is 1. The number of rotatable bonds is 5. The number of ether oxygens (including phenoxy) is 1. The van der Waals surface area contributed by atoms with E-state index in [0.29, 0.717) is 11.0 Å². The predicted octanol–water partition coefficient (Wildman–Crippen LogP) is 1.51. The second-order valence-electron chi connectivity index (χ2n) is 4.01. The second-order valence-corrected chi connectivity index (χ2v) is 5.28. The van der Waals surface area contributed by atoms with Gasteiger partial charge in [0.25, 0.3) is 0 Å². The van der Waals surface area contributed by atoms with Gasteiger partial charge in [0, 0.05) is 17.9 Å². The molecule has 2 atom stereocenters. The maximum atomic E-state index is 11.5. The fraction of sp³-hybridized carbons (Fsp3) is 0.667. The average molecular weight is 257 g/mol. The molecule has 0 radical (unpaired) electrons. The van der Waals surface area contributed by atoms with Crippen molar-refractivity contribution in [1.29, 1.82) is 0 Å². The van der Waals surface area contributed by atoms with Gasteiger partial charge < -0.3 is 10.1 Å². The Balaban J connectivity index is 2.42. The summed E-state index contributed by atoms with van der Waals surface area (Å²) in [5.74, 6) is -0.0333. The van der Waals surface area contributed by atoms with Gasteiger partial charge in [-0.05, 0) is 19.3 Å². The standard InChI is InChI=1S/C12H19NO3S/c1-9(14)13-11(12(15)16-2)8-17-10-6-4-3-5-7-10/h4,6,10-11H,3,5,7-8H2,1-2H3,(H,13,14). The molecule has 0 aliphatic heterocycles. The zero-order valence-electron chi connectivity index (χ0n) is 10.3. The smallest absolute Gasteiger partial charge is 0.329 e. The monoisotopic (exact) mass is 257 g/mol. The lowest BCUT2D eigenvalue weighted by molar-refractivity contribution is -0.144. The van der Waals surface area contributed by atoms with Crippen LogP contribution < -0.4 is 5.32 Å². The van der Waals surface area contributed by atoms with Crippen molar-refractivity contribution in [2.75, 3.05) is 12.9 Å². The summed E-state index contributed by atoms with van der Waals surface area (Å²) >= 11 is 1.69. The normalized spacial score (nSPS) is 20.7. The van der Waals surface area contributed by atoms with Crippen LogP contribution >= 0.6 is 11.8 Å². The number of thioether (sulfide) groups is 1. The molecule has 17 heavy (non-hydrogen) atoms. The Labute approximate surface area is 106 Å². The Morgan fingerprint density at radius 2 is 2.35 bits per heavy atom. The number of methoxy groups -OCH3 is 1. The number of hydrogen-bond acceptors (Lipinski definition) is 4. The van der Waals surface area contributed by atoms with Crippen LogP contribution in [0.4, 0.5) is 0 Å². The van der Waals surface area contributed by atoms with Crippen LogP contribution in [0.1, 0.15) is 26.2 Å². The minimum absolute atomic E-state index is 0.208. The molecule has 0 aromatic rings. The van der Waals surface area contributed by atoms with Gasteiger partial charge in [-0.25, -0.2) is 4.79 Å². The number of carbonyl (C=O) groups excluding carboxylic acids is 2. The predicted molar refractivity (Wildman–Crippen MR) is 68.9 cm³/mol. The number of allylic oxidation sites excluding steroid dienone is 1. The van der Waals surface area contributed by atoms with Crippen molar-refractivity contribution in [3.63, 3.8) is 0 Å². The molecule has 0 aromatic heterocycles. The molecule has 1 N–H and O–H groups in total. The minimum atomic E-state index is -0.544. The third-order valence-corrected chi connectivity index (χ3v) is 3.90. The van der Waals surface area contributed by atoms with E-state index in [-0.39, 0.29) is 11.9 Å². The van der Waals surface area contributed by atoms with E-state index in [9.17, 15) is 9.59 Å². The molecule has 0 aromatic carbocycles. The maximum Gasteiger partial charge on any atom is 0.329 e. The van der Waals surface area contributed by atoms with Crippen molar-refractivity contribution in [2.24, 2.45) is 0 Å². The largest absolute Gasteiger partial charge is 0.467 e. The lowest BCUT2D eigenvalue weighted by Crippen LogP contribution is -2.42. The van der Waals surface area contributed by atoms with E-state index in [0.717, 1.165) is 12.8 Å². The van der Waals surface area contributed by atoms with Crippen molar-refractivity contribution in [3.8, 4) is 0 Å². The Hall–Kier alpha value is -0.970. The Morgan fingerprint density at radius 1 is 1.59 bits per heavy atom. The summed E-state index contributed by atoms with van der Waals surface area (Å²) in [6.45, 7) is 1.40. The maximum absolute atomic E-state index is 11.5. The van der Waals surface area contributed by atoms with Gasteiger partial charge in [-0.2, -0.15) is 11.8 Å². The summed E-state index contributed by atoms with van der Waals surface area (Å²) in [5.41, 5.74) is 0. The van der Waals surface area contributed by atoms with E-state index >= 15 is 0 Å². The summed E-state index contributed by atoms with van der Waals surface area (Å²) < 4.78 is 4.67. The van der Waals surface area contributed by atoms with Gasteiger partial charge in [0.1, 0.15) is 6.04 Å². The lowest BCUT2D eigenvalue weighted by Gasteiger charge is -2.19. The molecule has 0 saturated heterocycles. The van der Waals surface area contributed by atoms with Gasteiger partial charge in [0.2, 0.25) is 5.91 Å². The molecule has 1 aliphatic carbocycles. The van der Waals surface area contributed by atoms with Crippen LogP contribution in [-0.2, 0) is 14.3 Å². The zero-order chi connectivity index (χ0) is 12.7. The summed E-state index contributed by atoms with van der Waals surface area (Å²) in [5, 5.41) is 3.06. The highest BCUT2D eigenvalue weighted by Gasteiger charge is 2.21. The van der Waals surface area contributed by atoms with Crippen LogP contribution in [0.25, 0.3) is 0 Å². The van der Waals surface area contributed by atoms with Gasteiger partial charge in [-0.15, -0.1) is 0 Å². The lowest BCUT2D eigenvalue weighted by atomic mass is 10.1. The summed E-state index contributed by atoms with van der Waals surface area (Å²) in [4.78, 5) is 22.4. The van der Waals surface area contributed by atoms with Crippen molar-refractivity contribution in [1.82, 2.24) is 5.32 Å². The number of esters is 1. The van der Waals surface area contributed by atoms with Crippen molar-refractivity contribution in [3.05, 3.63) is 12.2 Å². The van der Waals surface area contributed by atoms with Gasteiger partial charge in [-0.3, -0.25) is 4.79 Å². The molecule has 0 fully saturated rings. The third kappa shape index (κ3) is 5.26. The zero-order valence-corrected chi connectivity index (χ0v) is 11.1. The van der Waals surface area contributed by atoms with Gasteiger partial charge >= 0.3 is 5.97 Å². The van der Waals surface area contributed by atoms with E-state index in [4.69, 9.17) is 0 Å². The van der Waals surface area contributed by atoms with Crippen LogP contribution in [0.3, 0.4) is 0 Å². The SMILES string of the molecule is COC(=O)C(CSC1C=CCCC1)NC(C)=O. The van der Waals surface area contributed by atoms with Gasteiger partial charge in [0.15, 0.2) is 0 Å².